The van der Waals surface area contributed by atoms with Gasteiger partial charge in [-0.1, -0.05) is 41.7 Å². The van der Waals surface area contributed by atoms with Crippen LogP contribution in [0.5, 0.6) is 0 Å². The van der Waals surface area contributed by atoms with Gasteiger partial charge < -0.3 is 10.0 Å². The van der Waals surface area contributed by atoms with E-state index >= 15 is 0 Å². The summed E-state index contributed by atoms with van der Waals surface area (Å²) in [5.74, 6) is 5.58. The van der Waals surface area contributed by atoms with Gasteiger partial charge >= 0.3 is 0 Å². The zero-order valence-corrected chi connectivity index (χ0v) is 12.6. The van der Waals surface area contributed by atoms with E-state index in [1.54, 1.807) is 0 Å². The molecule has 2 aromatic carbocycles. The number of aryl methyl sites for hydroxylation is 1. The second-order valence-electron chi connectivity index (χ2n) is 5.01. The minimum absolute atomic E-state index is 0.0984. The third-order valence-electron chi connectivity index (χ3n) is 3.42. The Morgan fingerprint density at radius 1 is 1.00 bits per heavy atom. The molecule has 0 aliphatic carbocycles. The average Bonchev–Trinajstić information content (AvgIpc) is 2.53. The van der Waals surface area contributed by atoms with Crippen molar-refractivity contribution < 1.29 is 5.11 Å². The zero-order valence-electron chi connectivity index (χ0n) is 12.6. The lowest BCUT2D eigenvalue weighted by Crippen LogP contribution is -2.21. The predicted octanol–water partition coefficient (Wildman–Crippen LogP) is 3.37. The lowest BCUT2D eigenvalue weighted by Gasteiger charge is -2.23. The van der Waals surface area contributed by atoms with Gasteiger partial charge in [0.05, 0.1) is 0 Å². The minimum atomic E-state index is -0.0984. The summed E-state index contributed by atoms with van der Waals surface area (Å²) in [6.45, 7) is 6.02. The fourth-order valence-electron chi connectivity index (χ4n) is 2.20. The summed E-state index contributed by atoms with van der Waals surface area (Å²) in [5.41, 5.74) is 4.71. The van der Waals surface area contributed by atoms with Crippen LogP contribution in [0.1, 0.15) is 23.6 Å². The largest absolute Gasteiger partial charge is 0.384 e. The molecular weight excluding hydrogens is 258 g/mol. The normalized spacial score (nSPS) is 9.86. The van der Waals surface area contributed by atoms with Crippen LogP contribution in [0.15, 0.2) is 48.5 Å². The molecule has 0 aliphatic heterocycles. The quantitative estimate of drug-likeness (QED) is 0.867. The predicted molar refractivity (Wildman–Crippen MR) is 88.3 cm³/mol. The van der Waals surface area contributed by atoms with Gasteiger partial charge in [0.15, 0.2) is 0 Å². The Morgan fingerprint density at radius 3 is 2.24 bits per heavy atom. The maximum atomic E-state index is 8.70. The van der Waals surface area contributed by atoms with E-state index in [2.05, 4.69) is 67.0 Å². The van der Waals surface area contributed by atoms with Gasteiger partial charge in [-0.3, -0.25) is 0 Å². The summed E-state index contributed by atoms with van der Waals surface area (Å²) in [4.78, 5) is 2.34. The standard InChI is InChI=1S/C19H21NO/c1-3-20(19-12-6-16(2)7-13-19)15-18-10-8-17(9-11-18)5-4-14-21/h6-13,21H,3,14-15H2,1-2H3. The molecule has 0 amide bonds. The molecule has 0 bridgehead atoms. The van der Waals surface area contributed by atoms with Gasteiger partial charge in [-0.15, -0.1) is 0 Å². The first-order chi connectivity index (χ1) is 10.2. The van der Waals surface area contributed by atoms with E-state index in [1.165, 1.54) is 16.8 Å². The molecule has 0 unspecified atom stereocenters. The van der Waals surface area contributed by atoms with E-state index in [1.807, 2.05) is 12.1 Å². The number of rotatable bonds is 4. The smallest absolute Gasteiger partial charge is 0.104 e. The molecule has 0 aromatic heterocycles. The number of hydrogen-bond acceptors (Lipinski definition) is 2. The van der Waals surface area contributed by atoms with Crippen LogP contribution in [0.3, 0.4) is 0 Å². The molecule has 2 aromatic rings. The van der Waals surface area contributed by atoms with Gasteiger partial charge in [-0.25, -0.2) is 0 Å². The highest BCUT2D eigenvalue weighted by Gasteiger charge is 2.05. The van der Waals surface area contributed by atoms with E-state index in [-0.39, 0.29) is 6.61 Å². The minimum Gasteiger partial charge on any atom is -0.384 e. The summed E-state index contributed by atoms with van der Waals surface area (Å²) in [6.07, 6.45) is 0. The Labute approximate surface area is 127 Å². The number of anilines is 1. The second kappa shape index (κ2) is 7.52. The first kappa shape index (κ1) is 15.2. The molecule has 1 N–H and O–H groups in total. The van der Waals surface area contributed by atoms with Crippen LogP contribution >= 0.6 is 0 Å². The first-order valence-electron chi connectivity index (χ1n) is 7.23. The number of hydrogen-bond donors (Lipinski definition) is 1. The van der Waals surface area contributed by atoms with Gasteiger partial charge in [0, 0.05) is 24.3 Å². The van der Waals surface area contributed by atoms with Crippen LogP contribution in [0.25, 0.3) is 0 Å². The highest BCUT2D eigenvalue weighted by molar-refractivity contribution is 5.48. The molecule has 2 rings (SSSR count). The number of aliphatic hydroxyl groups is 1. The molecule has 2 nitrogen and oxygen atoms in total. The van der Waals surface area contributed by atoms with Crippen molar-refractivity contribution in [1.29, 1.82) is 0 Å². The molecule has 0 fully saturated rings. The summed E-state index contributed by atoms with van der Waals surface area (Å²) in [6, 6.07) is 16.8. The highest BCUT2D eigenvalue weighted by atomic mass is 16.2. The molecule has 0 saturated heterocycles. The Balaban J connectivity index is 2.09. The summed E-state index contributed by atoms with van der Waals surface area (Å²) >= 11 is 0. The topological polar surface area (TPSA) is 23.5 Å². The molecule has 0 heterocycles. The van der Waals surface area contributed by atoms with Crippen LogP contribution in [0.2, 0.25) is 0 Å². The van der Waals surface area contributed by atoms with Crippen LogP contribution < -0.4 is 4.90 Å². The van der Waals surface area contributed by atoms with Crippen molar-refractivity contribution in [2.75, 3.05) is 18.1 Å². The lowest BCUT2D eigenvalue weighted by molar-refractivity contribution is 0.350. The zero-order chi connectivity index (χ0) is 15.1. The van der Waals surface area contributed by atoms with Gasteiger partial charge in [0.25, 0.3) is 0 Å². The molecule has 0 radical (unpaired) electrons. The van der Waals surface area contributed by atoms with E-state index in [0.717, 1.165) is 18.7 Å². The van der Waals surface area contributed by atoms with Crippen LogP contribution in [0, 0.1) is 18.8 Å². The summed E-state index contributed by atoms with van der Waals surface area (Å²) in [7, 11) is 0. The van der Waals surface area contributed by atoms with Crippen molar-refractivity contribution in [1.82, 2.24) is 0 Å². The van der Waals surface area contributed by atoms with Crippen molar-refractivity contribution >= 4 is 5.69 Å². The Morgan fingerprint density at radius 2 is 1.67 bits per heavy atom. The molecule has 0 spiro atoms. The maximum Gasteiger partial charge on any atom is 0.104 e. The van der Waals surface area contributed by atoms with Crippen LogP contribution in [-0.2, 0) is 6.54 Å². The van der Waals surface area contributed by atoms with Crippen LogP contribution in [0.4, 0.5) is 5.69 Å². The maximum absolute atomic E-state index is 8.70. The van der Waals surface area contributed by atoms with Crippen molar-refractivity contribution in [3.8, 4) is 11.8 Å². The Hall–Kier alpha value is -2.24. The molecule has 108 valence electrons. The van der Waals surface area contributed by atoms with Crippen molar-refractivity contribution in [3.63, 3.8) is 0 Å². The molecule has 0 aliphatic rings. The van der Waals surface area contributed by atoms with Crippen LogP contribution in [-0.4, -0.2) is 18.3 Å². The van der Waals surface area contributed by atoms with Gasteiger partial charge in [0.1, 0.15) is 6.61 Å². The van der Waals surface area contributed by atoms with E-state index in [0.29, 0.717) is 0 Å². The molecule has 0 atom stereocenters. The lowest BCUT2D eigenvalue weighted by atomic mass is 10.1. The fraction of sp³-hybridized carbons (Fsp3) is 0.263. The number of benzene rings is 2. The van der Waals surface area contributed by atoms with Crippen molar-refractivity contribution in [2.24, 2.45) is 0 Å². The van der Waals surface area contributed by atoms with E-state index < -0.39 is 0 Å². The van der Waals surface area contributed by atoms with Crippen molar-refractivity contribution in [2.45, 2.75) is 20.4 Å². The molecular formula is C19H21NO. The number of aliphatic hydroxyl groups excluding tert-OH is 1. The van der Waals surface area contributed by atoms with Gasteiger partial charge in [-0.2, -0.15) is 0 Å². The molecule has 2 heteroatoms. The first-order valence-corrected chi connectivity index (χ1v) is 7.23. The van der Waals surface area contributed by atoms with E-state index in [9.17, 15) is 0 Å². The third kappa shape index (κ3) is 4.37. The van der Waals surface area contributed by atoms with Crippen molar-refractivity contribution in [3.05, 3.63) is 65.2 Å². The Bertz CT molecular complexity index is 617. The second-order valence-corrected chi connectivity index (χ2v) is 5.01. The average molecular weight is 279 g/mol. The third-order valence-corrected chi connectivity index (χ3v) is 3.42. The molecule has 0 saturated carbocycles. The highest BCUT2D eigenvalue weighted by Crippen LogP contribution is 2.18. The van der Waals surface area contributed by atoms with Gasteiger partial charge in [0.2, 0.25) is 0 Å². The summed E-state index contributed by atoms with van der Waals surface area (Å²) < 4.78 is 0. The summed E-state index contributed by atoms with van der Waals surface area (Å²) in [5, 5.41) is 8.70. The SMILES string of the molecule is CCN(Cc1ccc(C#CCO)cc1)c1ccc(C)cc1. The van der Waals surface area contributed by atoms with Gasteiger partial charge in [-0.05, 0) is 43.7 Å². The van der Waals surface area contributed by atoms with E-state index in [4.69, 9.17) is 5.11 Å². The fourth-order valence-corrected chi connectivity index (χ4v) is 2.20. The number of nitrogens with zero attached hydrogens (tertiary/aromatic N) is 1. The monoisotopic (exact) mass is 279 g/mol. The molecule has 21 heavy (non-hydrogen) atoms. The Kier molecular flexibility index (Phi) is 5.43.